The molecule has 1 aromatic heterocycles. The second kappa shape index (κ2) is 10.0. The number of ether oxygens (including phenoxy) is 2. The summed E-state index contributed by atoms with van der Waals surface area (Å²) in [6.07, 6.45) is 3.53. The maximum Gasteiger partial charge on any atom is 0.255 e. The molecular formula is C24H25F2N3O3. The third kappa shape index (κ3) is 5.38. The largest absolute Gasteiger partial charge is 0.381 e. The van der Waals surface area contributed by atoms with Gasteiger partial charge in [-0.1, -0.05) is 24.3 Å². The number of rotatable bonds is 7. The first-order chi connectivity index (χ1) is 15.5. The number of carbonyl (C=O) groups excluding carboxylic acids is 1. The van der Waals surface area contributed by atoms with Crippen molar-refractivity contribution in [2.45, 2.75) is 32.1 Å². The van der Waals surface area contributed by atoms with Crippen LogP contribution in [-0.4, -0.2) is 35.0 Å². The first-order valence-corrected chi connectivity index (χ1v) is 10.5. The summed E-state index contributed by atoms with van der Waals surface area (Å²) < 4.78 is 40.3. The fourth-order valence-electron chi connectivity index (χ4n) is 3.70. The number of amides is 1. The minimum Gasteiger partial charge on any atom is -0.381 e. The molecule has 8 heteroatoms. The molecule has 4 rings (SSSR count). The Bertz CT molecular complexity index is 1090. The fourth-order valence-corrected chi connectivity index (χ4v) is 3.70. The second-order valence-electron chi connectivity index (χ2n) is 7.81. The number of aryl methyl sites for hydroxylation is 1. The maximum absolute atomic E-state index is 14.3. The van der Waals surface area contributed by atoms with Crippen molar-refractivity contribution in [2.75, 3.05) is 13.2 Å². The van der Waals surface area contributed by atoms with Crippen molar-refractivity contribution in [3.8, 4) is 11.3 Å². The number of aromatic nitrogens is 2. The molecule has 2 aromatic carbocycles. The lowest BCUT2D eigenvalue weighted by Gasteiger charge is -2.22. The third-order valence-electron chi connectivity index (χ3n) is 5.36. The monoisotopic (exact) mass is 441 g/mol. The van der Waals surface area contributed by atoms with Gasteiger partial charge in [-0.25, -0.2) is 8.78 Å². The van der Waals surface area contributed by atoms with Gasteiger partial charge in [-0.05, 0) is 36.1 Å². The van der Waals surface area contributed by atoms with E-state index in [0.717, 1.165) is 49.3 Å². The summed E-state index contributed by atoms with van der Waals surface area (Å²) >= 11 is 0. The highest BCUT2D eigenvalue weighted by molar-refractivity contribution is 5.99. The lowest BCUT2D eigenvalue weighted by molar-refractivity contribution is -0.0390. The zero-order chi connectivity index (χ0) is 22.5. The van der Waals surface area contributed by atoms with Crippen molar-refractivity contribution in [1.29, 1.82) is 0 Å². The topological polar surface area (TPSA) is 65.4 Å². The smallest absolute Gasteiger partial charge is 0.255 e. The molecular weight excluding hydrogens is 416 g/mol. The van der Waals surface area contributed by atoms with E-state index in [1.807, 2.05) is 24.3 Å². The Morgan fingerprint density at radius 2 is 1.97 bits per heavy atom. The molecule has 1 N–H and O–H groups in total. The molecule has 0 atom stereocenters. The highest BCUT2D eigenvalue weighted by Gasteiger charge is 2.20. The Balaban J connectivity index is 1.41. The molecule has 32 heavy (non-hydrogen) atoms. The van der Waals surface area contributed by atoms with E-state index in [9.17, 15) is 13.6 Å². The molecule has 0 aliphatic carbocycles. The van der Waals surface area contributed by atoms with Gasteiger partial charge in [0.1, 0.15) is 17.3 Å². The molecule has 0 saturated carbocycles. The van der Waals surface area contributed by atoms with Crippen molar-refractivity contribution in [2.24, 2.45) is 7.05 Å². The average molecular weight is 441 g/mol. The molecule has 168 valence electrons. The van der Waals surface area contributed by atoms with Crippen LogP contribution in [0, 0.1) is 11.6 Å². The van der Waals surface area contributed by atoms with Crippen LogP contribution in [0.1, 0.15) is 34.3 Å². The Morgan fingerprint density at radius 3 is 2.75 bits per heavy atom. The summed E-state index contributed by atoms with van der Waals surface area (Å²) in [6.45, 7) is 2.26. The molecule has 0 unspecified atom stereocenters. The summed E-state index contributed by atoms with van der Waals surface area (Å²) in [6, 6.07) is 11.0. The number of hydrogen-bond acceptors (Lipinski definition) is 4. The Labute approximate surface area is 185 Å². The summed E-state index contributed by atoms with van der Waals surface area (Å²) in [5, 5.41) is 7.05. The van der Waals surface area contributed by atoms with Crippen LogP contribution in [0.4, 0.5) is 8.78 Å². The van der Waals surface area contributed by atoms with Crippen LogP contribution >= 0.6 is 0 Å². The molecule has 1 fully saturated rings. The average Bonchev–Trinajstić information content (AvgIpc) is 3.18. The van der Waals surface area contributed by atoms with E-state index in [-0.39, 0.29) is 28.8 Å². The first kappa shape index (κ1) is 22.1. The molecule has 1 aliphatic heterocycles. The van der Waals surface area contributed by atoms with Gasteiger partial charge >= 0.3 is 0 Å². The standard InChI is InChI=1S/C24H25F2N3O3/c1-29-14-21(23(28-29)20-6-5-18(25)12-22(20)26)24(30)27-13-16-3-2-4-17(11-16)15-32-19-7-9-31-10-8-19/h2-6,11-12,14,19H,7-10,13,15H2,1H3,(H,27,30). The molecule has 1 amide bonds. The van der Waals surface area contributed by atoms with Crippen LogP contribution in [-0.2, 0) is 29.7 Å². The van der Waals surface area contributed by atoms with E-state index >= 15 is 0 Å². The normalized spacial score (nSPS) is 14.5. The van der Waals surface area contributed by atoms with E-state index < -0.39 is 11.6 Å². The number of hydrogen-bond donors (Lipinski definition) is 1. The minimum absolute atomic E-state index is 0.0735. The molecule has 0 radical (unpaired) electrons. The van der Waals surface area contributed by atoms with Crippen molar-refractivity contribution in [1.82, 2.24) is 15.1 Å². The zero-order valence-corrected chi connectivity index (χ0v) is 17.8. The molecule has 0 spiro atoms. The summed E-state index contributed by atoms with van der Waals surface area (Å²) in [5.74, 6) is -1.84. The number of halogens is 2. The van der Waals surface area contributed by atoms with E-state index in [0.29, 0.717) is 13.2 Å². The predicted octanol–water partition coefficient (Wildman–Crippen LogP) is 3.99. The first-order valence-electron chi connectivity index (χ1n) is 10.5. The van der Waals surface area contributed by atoms with Gasteiger partial charge in [0.25, 0.3) is 5.91 Å². The Hall–Kier alpha value is -3.10. The zero-order valence-electron chi connectivity index (χ0n) is 17.8. The van der Waals surface area contributed by atoms with Crippen molar-refractivity contribution in [3.05, 3.63) is 77.0 Å². The van der Waals surface area contributed by atoms with Crippen LogP contribution in [0.5, 0.6) is 0 Å². The summed E-state index contributed by atoms with van der Waals surface area (Å²) in [5.41, 5.74) is 2.41. The highest BCUT2D eigenvalue weighted by Crippen LogP contribution is 2.25. The number of carbonyl (C=O) groups is 1. The fraction of sp³-hybridized carbons (Fsp3) is 0.333. The van der Waals surface area contributed by atoms with E-state index in [1.165, 1.54) is 16.9 Å². The quantitative estimate of drug-likeness (QED) is 0.602. The lowest BCUT2D eigenvalue weighted by atomic mass is 10.1. The van der Waals surface area contributed by atoms with Crippen LogP contribution in [0.25, 0.3) is 11.3 Å². The van der Waals surface area contributed by atoms with E-state index in [4.69, 9.17) is 9.47 Å². The van der Waals surface area contributed by atoms with Gasteiger partial charge in [0.15, 0.2) is 0 Å². The number of nitrogens with zero attached hydrogens (tertiary/aromatic N) is 2. The highest BCUT2D eigenvalue weighted by atomic mass is 19.1. The molecule has 2 heterocycles. The van der Waals surface area contributed by atoms with Crippen molar-refractivity contribution >= 4 is 5.91 Å². The number of nitrogens with one attached hydrogen (secondary N) is 1. The minimum atomic E-state index is -0.769. The Morgan fingerprint density at radius 1 is 1.19 bits per heavy atom. The predicted molar refractivity (Wildman–Crippen MR) is 115 cm³/mol. The molecule has 1 saturated heterocycles. The summed E-state index contributed by atoms with van der Waals surface area (Å²) in [7, 11) is 1.64. The SMILES string of the molecule is Cn1cc(C(=O)NCc2cccc(COC3CCOCC3)c2)c(-c2ccc(F)cc2F)n1. The van der Waals surface area contributed by atoms with Gasteiger partial charge in [0, 0.05) is 44.6 Å². The number of benzene rings is 2. The van der Waals surface area contributed by atoms with Crippen molar-refractivity contribution < 1.29 is 23.0 Å². The molecule has 1 aliphatic rings. The van der Waals surface area contributed by atoms with Crippen LogP contribution in [0.2, 0.25) is 0 Å². The van der Waals surface area contributed by atoms with Gasteiger partial charge in [-0.3, -0.25) is 9.48 Å². The van der Waals surface area contributed by atoms with Crippen LogP contribution in [0.15, 0.2) is 48.7 Å². The van der Waals surface area contributed by atoms with Gasteiger partial charge in [-0.2, -0.15) is 5.10 Å². The van der Waals surface area contributed by atoms with Crippen LogP contribution < -0.4 is 5.32 Å². The molecule has 0 bridgehead atoms. The van der Waals surface area contributed by atoms with Crippen molar-refractivity contribution in [3.63, 3.8) is 0 Å². The van der Waals surface area contributed by atoms with Gasteiger partial charge < -0.3 is 14.8 Å². The molecule has 6 nitrogen and oxygen atoms in total. The second-order valence-corrected chi connectivity index (χ2v) is 7.81. The van der Waals surface area contributed by atoms with Gasteiger partial charge in [0.05, 0.1) is 18.3 Å². The maximum atomic E-state index is 14.3. The van der Waals surface area contributed by atoms with Crippen LogP contribution in [0.3, 0.4) is 0 Å². The van der Waals surface area contributed by atoms with E-state index in [1.54, 1.807) is 7.05 Å². The van der Waals surface area contributed by atoms with Gasteiger partial charge in [-0.15, -0.1) is 0 Å². The molecule has 3 aromatic rings. The third-order valence-corrected chi connectivity index (χ3v) is 5.36. The summed E-state index contributed by atoms with van der Waals surface area (Å²) in [4.78, 5) is 12.8. The lowest BCUT2D eigenvalue weighted by Crippen LogP contribution is -2.24. The Kier molecular flexibility index (Phi) is 6.92. The van der Waals surface area contributed by atoms with Gasteiger partial charge in [0.2, 0.25) is 0 Å². The van der Waals surface area contributed by atoms with E-state index in [2.05, 4.69) is 10.4 Å².